The van der Waals surface area contributed by atoms with Crippen LogP contribution in [0.5, 0.6) is 0 Å². The van der Waals surface area contributed by atoms with Crippen molar-refractivity contribution < 1.29 is 14.4 Å². The average Bonchev–Trinajstić information content (AvgIpc) is 3.00. The first-order chi connectivity index (χ1) is 13.5. The smallest absolute Gasteiger partial charge is 0.255 e. The molecule has 0 saturated carbocycles. The van der Waals surface area contributed by atoms with Crippen LogP contribution in [-0.4, -0.2) is 59.7 Å². The quantitative estimate of drug-likeness (QED) is 0.741. The summed E-state index contributed by atoms with van der Waals surface area (Å²) in [6.45, 7) is 3.28. The van der Waals surface area contributed by atoms with Gasteiger partial charge in [-0.15, -0.1) is 0 Å². The minimum atomic E-state index is -0.561. The number of rotatable bonds is 5. The van der Waals surface area contributed by atoms with Crippen LogP contribution >= 0.6 is 0 Å². The molecule has 2 atom stereocenters. The summed E-state index contributed by atoms with van der Waals surface area (Å²) in [5.74, 6) is -0.730. The average molecular weight is 384 g/mol. The van der Waals surface area contributed by atoms with Crippen LogP contribution in [0.3, 0.4) is 0 Å². The van der Waals surface area contributed by atoms with Crippen LogP contribution in [-0.2, 0) is 22.7 Å². The number of nitrogens with zero attached hydrogens (tertiary/aromatic N) is 2. The fourth-order valence-electron chi connectivity index (χ4n) is 4.61. The van der Waals surface area contributed by atoms with Gasteiger partial charge in [0.1, 0.15) is 6.04 Å². The Morgan fingerprint density at radius 1 is 1.18 bits per heavy atom. The lowest BCUT2D eigenvalue weighted by Crippen LogP contribution is -2.52. The van der Waals surface area contributed by atoms with Crippen molar-refractivity contribution in [1.29, 1.82) is 0 Å². The van der Waals surface area contributed by atoms with Crippen LogP contribution in [0.25, 0.3) is 0 Å². The van der Waals surface area contributed by atoms with Crippen molar-refractivity contribution in [2.24, 2.45) is 0 Å². The number of fused-ring (bicyclic) bond motifs is 1. The van der Waals surface area contributed by atoms with E-state index in [-0.39, 0.29) is 24.1 Å². The molecule has 7 heteroatoms. The number of likely N-dealkylation sites (N-methyl/N-ethyl adjacent to an activating group) is 1. The van der Waals surface area contributed by atoms with Gasteiger partial charge in [0.25, 0.3) is 5.91 Å². The summed E-state index contributed by atoms with van der Waals surface area (Å²) >= 11 is 0. The van der Waals surface area contributed by atoms with E-state index in [0.717, 1.165) is 30.8 Å². The highest BCUT2D eigenvalue weighted by Gasteiger charge is 2.39. The summed E-state index contributed by atoms with van der Waals surface area (Å²) < 4.78 is 0. The molecular formula is C21H28N4O3. The molecule has 1 aromatic rings. The molecule has 2 unspecified atom stereocenters. The maximum atomic E-state index is 12.9. The zero-order chi connectivity index (χ0) is 19.7. The van der Waals surface area contributed by atoms with Crippen LogP contribution in [0.2, 0.25) is 0 Å². The summed E-state index contributed by atoms with van der Waals surface area (Å²) in [7, 11) is 2.12. The van der Waals surface area contributed by atoms with E-state index in [4.69, 9.17) is 0 Å². The third kappa shape index (κ3) is 3.82. The van der Waals surface area contributed by atoms with Gasteiger partial charge >= 0.3 is 0 Å². The van der Waals surface area contributed by atoms with E-state index in [1.165, 1.54) is 19.3 Å². The van der Waals surface area contributed by atoms with Gasteiger partial charge in [-0.1, -0.05) is 18.6 Å². The van der Waals surface area contributed by atoms with Gasteiger partial charge < -0.3 is 15.1 Å². The minimum absolute atomic E-state index is 0.108. The highest BCUT2D eigenvalue weighted by atomic mass is 16.2. The predicted octanol–water partition coefficient (Wildman–Crippen LogP) is 1.02. The molecule has 4 rings (SSSR count). The molecule has 2 N–H and O–H groups in total. The Balaban J connectivity index is 1.46. The van der Waals surface area contributed by atoms with Crippen LogP contribution in [0, 0.1) is 0 Å². The van der Waals surface area contributed by atoms with Crippen molar-refractivity contribution in [3.8, 4) is 0 Å². The monoisotopic (exact) mass is 384 g/mol. The Kier molecular flexibility index (Phi) is 5.46. The minimum Gasteiger partial charge on any atom is -0.322 e. The Morgan fingerprint density at radius 3 is 2.79 bits per heavy atom. The molecule has 2 saturated heterocycles. The molecule has 2 fully saturated rings. The fourth-order valence-corrected chi connectivity index (χ4v) is 4.61. The van der Waals surface area contributed by atoms with Crippen molar-refractivity contribution in [3.05, 3.63) is 34.9 Å². The number of imide groups is 1. The van der Waals surface area contributed by atoms with E-state index < -0.39 is 6.04 Å². The van der Waals surface area contributed by atoms with Gasteiger partial charge in [-0.2, -0.15) is 0 Å². The fraction of sp³-hybridized carbons (Fsp3) is 0.571. The summed E-state index contributed by atoms with van der Waals surface area (Å²) in [5, 5.41) is 5.94. The van der Waals surface area contributed by atoms with Crippen LogP contribution < -0.4 is 10.6 Å². The first kappa shape index (κ1) is 19.1. The van der Waals surface area contributed by atoms with E-state index in [0.29, 0.717) is 24.6 Å². The number of hydrogen-bond acceptors (Lipinski definition) is 5. The molecule has 3 heterocycles. The molecule has 3 aliphatic heterocycles. The SMILES string of the molecule is CN(Cc1cccc2c1CN(C1CCC(=O)NC1=O)C2=O)CC1CCCCN1. The lowest BCUT2D eigenvalue weighted by molar-refractivity contribution is -0.136. The van der Waals surface area contributed by atoms with Crippen molar-refractivity contribution in [3.63, 3.8) is 0 Å². The van der Waals surface area contributed by atoms with Gasteiger partial charge in [0.05, 0.1) is 0 Å². The highest BCUT2D eigenvalue weighted by molar-refractivity contribution is 6.05. The number of hydrogen-bond donors (Lipinski definition) is 2. The summed E-state index contributed by atoms with van der Waals surface area (Å²) in [4.78, 5) is 40.5. The van der Waals surface area contributed by atoms with Crippen molar-refractivity contribution in [2.75, 3.05) is 20.1 Å². The second-order valence-corrected chi connectivity index (χ2v) is 8.19. The normalized spacial score (nSPS) is 25.2. The number of benzene rings is 1. The van der Waals surface area contributed by atoms with E-state index in [9.17, 15) is 14.4 Å². The molecule has 3 aliphatic rings. The maximum absolute atomic E-state index is 12.9. The van der Waals surface area contributed by atoms with Gasteiger partial charge in [-0.3, -0.25) is 19.7 Å². The van der Waals surface area contributed by atoms with E-state index in [1.54, 1.807) is 4.90 Å². The molecule has 150 valence electrons. The number of piperidine rings is 2. The molecular weight excluding hydrogens is 356 g/mol. The lowest BCUT2D eigenvalue weighted by Gasteiger charge is -2.29. The van der Waals surface area contributed by atoms with Crippen LogP contribution in [0.4, 0.5) is 0 Å². The number of carbonyl (C=O) groups is 3. The second-order valence-electron chi connectivity index (χ2n) is 8.19. The molecule has 7 nitrogen and oxygen atoms in total. The second kappa shape index (κ2) is 8.01. The van der Waals surface area contributed by atoms with Crippen LogP contribution in [0.1, 0.15) is 53.6 Å². The van der Waals surface area contributed by atoms with Gasteiger partial charge in [0.15, 0.2) is 0 Å². The third-order valence-electron chi connectivity index (χ3n) is 6.06. The van der Waals surface area contributed by atoms with Gasteiger partial charge in [-0.25, -0.2) is 0 Å². The third-order valence-corrected chi connectivity index (χ3v) is 6.06. The molecule has 0 bridgehead atoms. The predicted molar refractivity (Wildman–Crippen MR) is 104 cm³/mol. The first-order valence-electron chi connectivity index (χ1n) is 10.2. The maximum Gasteiger partial charge on any atom is 0.255 e. The molecule has 0 aliphatic carbocycles. The van der Waals surface area contributed by atoms with Gasteiger partial charge in [0, 0.05) is 37.7 Å². The Morgan fingerprint density at radius 2 is 2.04 bits per heavy atom. The van der Waals surface area contributed by atoms with E-state index >= 15 is 0 Å². The molecule has 0 radical (unpaired) electrons. The first-order valence-corrected chi connectivity index (χ1v) is 10.2. The zero-order valence-electron chi connectivity index (χ0n) is 16.4. The van der Waals surface area contributed by atoms with Crippen LogP contribution in [0.15, 0.2) is 18.2 Å². The molecule has 0 spiro atoms. The largest absolute Gasteiger partial charge is 0.322 e. The van der Waals surface area contributed by atoms with Crippen molar-refractivity contribution in [1.82, 2.24) is 20.4 Å². The number of amides is 3. The van der Waals surface area contributed by atoms with Crippen molar-refractivity contribution in [2.45, 2.75) is 57.3 Å². The summed E-state index contributed by atoms with van der Waals surface area (Å²) in [6, 6.07) is 5.81. The Hall–Kier alpha value is -2.25. The molecule has 0 aromatic heterocycles. The molecule has 1 aromatic carbocycles. The lowest BCUT2D eigenvalue weighted by atomic mass is 10.0. The number of nitrogens with one attached hydrogen (secondary N) is 2. The standard InChI is InChI=1S/C21H28N4O3/c1-24(12-15-6-2-3-10-22-15)11-14-5-4-7-16-17(14)13-25(21(16)28)18-8-9-19(26)23-20(18)27/h4-5,7,15,18,22H,2-3,6,8-13H2,1H3,(H,23,26,27). The summed E-state index contributed by atoms with van der Waals surface area (Å²) in [5.41, 5.74) is 2.84. The Bertz CT molecular complexity index is 788. The molecule has 3 amide bonds. The Labute approximate surface area is 165 Å². The van der Waals surface area contributed by atoms with E-state index in [1.807, 2.05) is 12.1 Å². The number of carbonyl (C=O) groups excluding carboxylic acids is 3. The zero-order valence-corrected chi connectivity index (χ0v) is 16.4. The van der Waals surface area contributed by atoms with Gasteiger partial charge in [-0.05, 0) is 50.0 Å². The highest BCUT2D eigenvalue weighted by Crippen LogP contribution is 2.30. The summed E-state index contributed by atoms with van der Waals surface area (Å²) in [6.07, 6.45) is 4.42. The van der Waals surface area contributed by atoms with E-state index in [2.05, 4.69) is 28.6 Å². The molecule has 28 heavy (non-hydrogen) atoms. The van der Waals surface area contributed by atoms with Crippen molar-refractivity contribution >= 4 is 17.7 Å². The van der Waals surface area contributed by atoms with Gasteiger partial charge in [0.2, 0.25) is 11.8 Å². The topological polar surface area (TPSA) is 81.8 Å².